The summed E-state index contributed by atoms with van der Waals surface area (Å²) >= 11 is 0. The predicted octanol–water partition coefficient (Wildman–Crippen LogP) is 0.902. The standard InChI is InChI=1S/C12H19N3O4S/c1-8-12(9(2)14-13-8)20(18,19)15-5-3-4-10(7-15)6-11(16)17/h10H,3-7H2,1-2H3,(H,13,14)(H,16,17). The second-order valence-corrected chi connectivity index (χ2v) is 7.11. The van der Waals surface area contributed by atoms with Gasteiger partial charge in [-0.3, -0.25) is 9.89 Å². The molecule has 20 heavy (non-hydrogen) atoms. The number of hydrogen-bond donors (Lipinski definition) is 2. The molecule has 1 atom stereocenters. The number of aromatic nitrogens is 2. The number of carboxylic acids is 1. The van der Waals surface area contributed by atoms with E-state index in [1.54, 1.807) is 13.8 Å². The van der Waals surface area contributed by atoms with E-state index in [-0.39, 0.29) is 23.8 Å². The maximum atomic E-state index is 12.6. The molecule has 0 bridgehead atoms. The first kappa shape index (κ1) is 15.0. The second-order valence-electron chi connectivity index (χ2n) is 5.23. The van der Waals surface area contributed by atoms with E-state index >= 15 is 0 Å². The van der Waals surface area contributed by atoms with Gasteiger partial charge in [0.05, 0.1) is 11.4 Å². The van der Waals surface area contributed by atoms with Crippen LogP contribution < -0.4 is 0 Å². The van der Waals surface area contributed by atoms with Crippen molar-refractivity contribution in [3.05, 3.63) is 11.4 Å². The van der Waals surface area contributed by atoms with Crippen LogP contribution in [-0.4, -0.2) is 47.1 Å². The number of hydrogen-bond acceptors (Lipinski definition) is 4. The Labute approximate surface area is 118 Å². The molecule has 0 aromatic carbocycles. The second kappa shape index (κ2) is 5.53. The van der Waals surface area contributed by atoms with Crippen molar-refractivity contribution < 1.29 is 18.3 Å². The van der Waals surface area contributed by atoms with Crippen LogP contribution in [0.5, 0.6) is 0 Å². The SMILES string of the molecule is Cc1n[nH]c(C)c1S(=O)(=O)N1CCCC(CC(=O)O)C1. The van der Waals surface area contributed by atoms with Crippen LogP contribution in [-0.2, 0) is 14.8 Å². The first-order valence-electron chi connectivity index (χ1n) is 6.56. The van der Waals surface area contributed by atoms with Crippen LogP contribution in [0.1, 0.15) is 30.7 Å². The first-order chi connectivity index (χ1) is 9.32. The topological polar surface area (TPSA) is 103 Å². The average molecular weight is 301 g/mol. The zero-order chi connectivity index (χ0) is 14.9. The van der Waals surface area contributed by atoms with E-state index in [0.717, 1.165) is 6.42 Å². The molecule has 112 valence electrons. The number of piperidine rings is 1. The van der Waals surface area contributed by atoms with E-state index in [1.165, 1.54) is 4.31 Å². The lowest BCUT2D eigenvalue weighted by Gasteiger charge is -2.31. The maximum absolute atomic E-state index is 12.6. The summed E-state index contributed by atoms with van der Waals surface area (Å²) in [6.07, 6.45) is 1.45. The third-order valence-corrected chi connectivity index (χ3v) is 5.73. The Kier molecular flexibility index (Phi) is 4.14. The number of H-pyrrole nitrogens is 1. The predicted molar refractivity (Wildman–Crippen MR) is 71.8 cm³/mol. The van der Waals surface area contributed by atoms with E-state index in [1.807, 2.05) is 0 Å². The highest BCUT2D eigenvalue weighted by molar-refractivity contribution is 7.89. The van der Waals surface area contributed by atoms with Gasteiger partial charge in [-0.15, -0.1) is 0 Å². The molecule has 1 aromatic rings. The van der Waals surface area contributed by atoms with Crippen molar-refractivity contribution in [3.63, 3.8) is 0 Å². The molecule has 1 aromatic heterocycles. The number of carbonyl (C=O) groups is 1. The lowest BCUT2D eigenvalue weighted by Crippen LogP contribution is -2.40. The molecule has 0 amide bonds. The van der Waals surface area contributed by atoms with Crippen molar-refractivity contribution in [1.29, 1.82) is 0 Å². The fourth-order valence-corrected chi connectivity index (χ4v) is 4.59. The van der Waals surface area contributed by atoms with Gasteiger partial charge in [0.25, 0.3) is 0 Å². The van der Waals surface area contributed by atoms with Gasteiger partial charge in [0.15, 0.2) is 0 Å². The van der Waals surface area contributed by atoms with Crippen molar-refractivity contribution >= 4 is 16.0 Å². The van der Waals surface area contributed by atoms with Gasteiger partial charge in [-0.1, -0.05) is 0 Å². The molecule has 1 saturated heterocycles. The van der Waals surface area contributed by atoms with Crippen molar-refractivity contribution in [3.8, 4) is 0 Å². The molecule has 2 rings (SSSR count). The van der Waals surface area contributed by atoms with Gasteiger partial charge >= 0.3 is 5.97 Å². The third-order valence-electron chi connectivity index (χ3n) is 3.60. The van der Waals surface area contributed by atoms with Gasteiger partial charge in [0, 0.05) is 19.5 Å². The molecular weight excluding hydrogens is 282 g/mol. The van der Waals surface area contributed by atoms with Crippen molar-refractivity contribution in [2.75, 3.05) is 13.1 Å². The largest absolute Gasteiger partial charge is 0.481 e. The highest BCUT2D eigenvalue weighted by Crippen LogP contribution is 2.27. The van der Waals surface area contributed by atoms with E-state index in [4.69, 9.17) is 5.11 Å². The molecule has 7 nitrogen and oxygen atoms in total. The molecule has 1 fully saturated rings. The summed E-state index contributed by atoms with van der Waals surface area (Å²) in [5.74, 6) is -1.01. The number of carboxylic acid groups (broad SMARTS) is 1. The highest BCUT2D eigenvalue weighted by atomic mass is 32.2. The van der Waals surface area contributed by atoms with Gasteiger partial charge in [-0.2, -0.15) is 9.40 Å². The van der Waals surface area contributed by atoms with Crippen LogP contribution in [0.3, 0.4) is 0 Å². The molecule has 8 heteroatoms. The smallest absolute Gasteiger partial charge is 0.303 e. The number of aromatic amines is 1. The number of aliphatic carboxylic acids is 1. The van der Waals surface area contributed by atoms with Crippen molar-refractivity contribution in [2.24, 2.45) is 5.92 Å². The van der Waals surface area contributed by atoms with E-state index in [2.05, 4.69) is 10.2 Å². The minimum Gasteiger partial charge on any atom is -0.481 e. The molecule has 1 aliphatic heterocycles. The zero-order valence-corrected chi connectivity index (χ0v) is 12.4. The molecular formula is C12H19N3O4S. The fourth-order valence-electron chi connectivity index (χ4n) is 2.71. The summed E-state index contributed by atoms with van der Waals surface area (Å²) in [5, 5.41) is 15.4. The zero-order valence-electron chi connectivity index (χ0n) is 11.6. The van der Waals surface area contributed by atoms with Crippen LogP contribution in [0.4, 0.5) is 0 Å². The summed E-state index contributed by atoms with van der Waals surface area (Å²) in [6.45, 7) is 4.02. The first-order valence-corrected chi connectivity index (χ1v) is 8.00. The quantitative estimate of drug-likeness (QED) is 0.860. The molecule has 0 radical (unpaired) electrons. The van der Waals surface area contributed by atoms with Crippen LogP contribution >= 0.6 is 0 Å². The van der Waals surface area contributed by atoms with Crippen molar-refractivity contribution in [1.82, 2.24) is 14.5 Å². The summed E-state index contributed by atoms with van der Waals surface area (Å²) in [6, 6.07) is 0. The number of nitrogens with one attached hydrogen (secondary N) is 1. The van der Waals surface area contributed by atoms with Crippen LogP contribution in [0, 0.1) is 19.8 Å². The van der Waals surface area contributed by atoms with Crippen LogP contribution in [0.2, 0.25) is 0 Å². The highest BCUT2D eigenvalue weighted by Gasteiger charge is 2.33. The Hall–Kier alpha value is -1.41. The molecule has 2 heterocycles. The molecule has 1 aliphatic rings. The van der Waals surface area contributed by atoms with E-state index in [0.29, 0.717) is 24.4 Å². The summed E-state index contributed by atoms with van der Waals surface area (Å²) in [5.41, 5.74) is 0.964. The molecule has 0 aliphatic carbocycles. The van der Waals surface area contributed by atoms with Gasteiger partial charge in [0.2, 0.25) is 10.0 Å². The van der Waals surface area contributed by atoms with Gasteiger partial charge in [-0.25, -0.2) is 8.42 Å². The molecule has 0 spiro atoms. The summed E-state index contributed by atoms with van der Waals surface area (Å²) < 4.78 is 26.7. The van der Waals surface area contributed by atoms with Gasteiger partial charge in [-0.05, 0) is 32.6 Å². The summed E-state index contributed by atoms with van der Waals surface area (Å²) in [4.78, 5) is 11.0. The average Bonchev–Trinajstić information content (AvgIpc) is 2.69. The lowest BCUT2D eigenvalue weighted by atomic mass is 9.96. The Morgan fingerprint density at radius 1 is 1.50 bits per heavy atom. The van der Waals surface area contributed by atoms with E-state index in [9.17, 15) is 13.2 Å². The summed E-state index contributed by atoms with van der Waals surface area (Å²) in [7, 11) is -3.60. The number of sulfonamides is 1. The number of aryl methyl sites for hydroxylation is 2. The van der Waals surface area contributed by atoms with Crippen molar-refractivity contribution in [2.45, 2.75) is 38.0 Å². The van der Waals surface area contributed by atoms with Crippen LogP contribution in [0.25, 0.3) is 0 Å². The molecule has 0 saturated carbocycles. The van der Waals surface area contributed by atoms with Gasteiger partial charge < -0.3 is 5.11 Å². The number of rotatable bonds is 4. The molecule has 2 N–H and O–H groups in total. The number of nitrogens with zero attached hydrogens (tertiary/aromatic N) is 2. The fraction of sp³-hybridized carbons (Fsp3) is 0.667. The molecule has 1 unspecified atom stereocenters. The monoisotopic (exact) mass is 301 g/mol. The Bertz CT molecular complexity index is 589. The third kappa shape index (κ3) is 2.85. The van der Waals surface area contributed by atoms with Crippen LogP contribution in [0.15, 0.2) is 4.90 Å². The maximum Gasteiger partial charge on any atom is 0.303 e. The Balaban J connectivity index is 2.24. The van der Waals surface area contributed by atoms with Gasteiger partial charge in [0.1, 0.15) is 4.90 Å². The Morgan fingerprint density at radius 3 is 2.75 bits per heavy atom. The Morgan fingerprint density at radius 2 is 2.20 bits per heavy atom. The minimum atomic E-state index is -3.60. The van der Waals surface area contributed by atoms with E-state index < -0.39 is 16.0 Å². The minimum absolute atomic E-state index is 0.00930. The normalized spacial score (nSPS) is 21.0. The lowest BCUT2D eigenvalue weighted by molar-refractivity contribution is -0.138.